The Morgan fingerprint density at radius 3 is 2.57 bits per heavy atom. The van der Waals surface area contributed by atoms with Gasteiger partial charge in [0.25, 0.3) is 5.91 Å². The van der Waals surface area contributed by atoms with Crippen molar-refractivity contribution in [3.05, 3.63) is 27.7 Å². The van der Waals surface area contributed by atoms with Crippen LogP contribution in [0.1, 0.15) is 29.8 Å². The van der Waals surface area contributed by atoms with Crippen LogP contribution < -0.4 is 10.5 Å². The van der Waals surface area contributed by atoms with Crippen molar-refractivity contribution in [1.82, 2.24) is 5.32 Å². The third-order valence-electron chi connectivity index (χ3n) is 2.70. The number of nitrogens with one attached hydrogen (secondary N) is 1. The van der Waals surface area contributed by atoms with Gasteiger partial charge >= 0.3 is 0 Å². The van der Waals surface area contributed by atoms with E-state index in [1.165, 1.54) is 6.07 Å². The molecule has 3 N–H and O–H groups in total. The number of ether oxygens (including phenoxy) is 1. The number of carbonyl (C=O) groups excluding carboxylic acids is 1. The van der Waals surface area contributed by atoms with E-state index < -0.39 is 10.0 Å². The summed E-state index contributed by atoms with van der Waals surface area (Å²) in [4.78, 5) is 11.9. The van der Waals surface area contributed by atoms with Crippen molar-refractivity contribution in [2.24, 2.45) is 5.14 Å². The molecule has 0 aliphatic heterocycles. The van der Waals surface area contributed by atoms with Crippen LogP contribution in [0.15, 0.2) is 21.5 Å². The Kier molecular flexibility index (Phi) is 6.33. The minimum absolute atomic E-state index is 0.0690. The highest BCUT2D eigenvalue weighted by Gasteiger charge is 2.17. The van der Waals surface area contributed by atoms with E-state index in [-0.39, 0.29) is 22.5 Å². The second-order valence-corrected chi connectivity index (χ2v) is 7.19. The maximum Gasteiger partial charge on any atom is 0.251 e. The van der Waals surface area contributed by atoms with E-state index in [9.17, 15) is 13.2 Å². The highest BCUT2D eigenvalue weighted by Crippen LogP contribution is 2.25. The third-order valence-corrected chi connectivity index (χ3v) is 4.56. The van der Waals surface area contributed by atoms with Gasteiger partial charge in [0.05, 0.1) is 17.6 Å². The lowest BCUT2D eigenvalue weighted by molar-refractivity contribution is 0.0746. The largest absolute Gasteiger partial charge is 0.377 e. The first kappa shape index (κ1) is 18.1. The number of carbonyl (C=O) groups is 1. The predicted molar refractivity (Wildman–Crippen MR) is 83.7 cm³/mol. The second-order valence-electron chi connectivity index (χ2n) is 4.80. The fourth-order valence-electron chi connectivity index (χ4n) is 1.64. The molecule has 0 fully saturated rings. The summed E-state index contributed by atoms with van der Waals surface area (Å²) in [6.45, 7) is 6.14. The van der Waals surface area contributed by atoms with Crippen LogP contribution in [0, 0.1) is 6.92 Å². The lowest BCUT2D eigenvalue weighted by Gasteiger charge is -2.11. The van der Waals surface area contributed by atoms with Gasteiger partial charge in [-0.2, -0.15) is 0 Å². The molecular formula is C13H19BrN2O4S. The number of sulfonamides is 1. The third kappa shape index (κ3) is 5.39. The van der Waals surface area contributed by atoms with Gasteiger partial charge in [0, 0.05) is 16.6 Å². The molecule has 6 nitrogen and oxygen atoms in total. The topological polar surface area (TPSA) is 98.5 Å². The van der Waals surface area contributed by atoms with Gasteiger partial charge in [0.1, 0.15) is 0 Å². The summed E-state index contributed by atoms with van der Waals surface area (Å²) in [7, 11) is -3.88. The van der Waals surface area contributed by atoms with Gasteiger partial charge in [-0.15, -0.1) is 0 Å². The maximum atomic E-state index is 12.0. The summed E-state index contributed by atoms with van der Waals surface area (Å²) < 4.78 is 28.9. The van der Waals surface area contributed by atoms with E-state index in [0.717, 1.165) is 0 Å². The molecule has 0 aliphatic rings. The molecule has 118 valence electrons. The Morgan fingerprint density at radius 1 is 1.43 bits per heavy atom. The predicted octanol–water partition coefficient (Wildman–Crippen LogP) is 1.56. The fourth-order valence-corrected chi connectivity index (χ4v) is 3.06. The quantitative estimate of drug-likeness (QED) is 0.733. The number of amides is 1. The van der Waals surface area contributed by atoms with Gasteiger partial charge in [-0.1, -0.05) is 15.9 Å². The molecular weight excluding hydrogens is 360 g/mol. The van der Waals surface area contributed by atoms with Crippen molar-refractivity contribution in [3.63, 3.8) is 0 Å². The minimum atomic E-state index is -3.88. The Hall–Kier alpha value is -0.960. The minimum Gasteiger partial charge on any atom is -0.377 e. The summed E-state index contributed by atoms with van der Waals surface area (Å²) in [5.41, 5.74) is 0.693. The van der Waals surface area contributed by atoms with Crippen molar-refractivity contribution >= 4 is 31.9 Å². The molecule has 0 saturated heterocycles. The number of nitrogens with two attached hydrogens (primary N) is 1. The molecule has 0 heterocycles. The Balaban J connectivity index is 2.89. The van der Waals surface area contributed by atoms with E-state index in [1.54, 1.807) is 13.0 Å². The number of rotatable bonds is 6. The van der Waals surface area contributed by atoms with Crippen LogP contribution in [0.5, 0.6) is 0 Å². The van der Waals surface area contributed by atoms with Crippen LogP contribution in [0.25, 0.3) is 0 Å². The van der Waals surface area contributed by atoms with Gasteiger partial charge in [-0.25, -0.2) is 13.6 Å². The monoisotopic (exact) mass is 378 g/mol. The van der Waals surface area contributed by atoms with Crippen molar-refractivity contribution in [2.75, 3.05) is 13.2 Å². The molecule has 0 saturated carbocycles. The van der Waals surface area contributed by atoms with E-state index in [2.05, 4.69) is 21.2 Å². The van der Waals surface area contributed by atoms with Gasteiger partial charge in [0.15, 0.2) is 0 Å². The van der Waals surface area contributed by atoms with Crippen LogP contribution in [0.3, 0.4) is 0 Å². The normalized spacial score (nSPS) is 11.7. The van der Waals surface area contributed by atoms with Crippen molar-refractivity contribution < 1.29 is 17.9 Å². The number of halogens is 1. The zero-order chi connectivity index (χ0) is 16.2. The van der Waals surface area contributed by atoms with Gasteiger partial charge in [-0.3, -0.25) is 4.79 Å². The number of hydrogen-bond donors (Lipinski definition) is 2. The van der Waals surface area contributed by atoms with Crippen LogP contribution in [-0.2, 0) is 14.8 Å². The van der Waals surface area contributed by atoms with Crippen molar-refractivity contribution in [1.29, 1.82) is 0 Å². The van der Waals surface area contributed by atoms with Gasteiger partial charge in [-0.05, 0) is 38.5 Å². The molecule has 8 heteroatoms. The first-order valence-electron chi connectivity index (χ1n) is 6.35. The molecule has 0 unspecified atom stereocenters. The van der Waals surface area contributed by atoms with Crippen LogP contribution in [0.2, 0.25) is 0 Å². The molecule has 21 heavy (non-hydrogen) atoms. The summed E-state index contributed by atoms with van der Waals surface area (Å²) in [5, 5.41) is 7.81. The van der Waals surface area contributed by atoms with Crippen LogP contribution >= 0.6 is 15.9 Å². The molecule has 1 rings (SSSR count). The van der Waals surface area contributed by atoms with Gasteiger partial charge in [0.2, 0.25) is 10.0 Å². The highest BCUT2D eigenvalue weighted by molar-refractivity contribution is 9.10. The maximum absolute atomic E-state index is 12.0. The summed E-state index contributed by atoms with van der Waals surface area (Å²) in [6, 6.07) is 2.83. The number of benzene rings is 1. The average Bonchev–Trinajstić information content (AvgIpc) is 2.35. The SMILES string of the molecule is Cc1c(Br)cc(C(=O)NCCOC(C)C)cc1S(N)(=O)=O. The number of hydrogen-bond acceptors (Lipinski definition) is 4. The highest BCUT2D eigenvalue weighted by atomic mass is 79.9. The van der Waals surface area contributed by atoms with Gasteiger partial charge < -0.3 is 10.1 Å². The zero-order valence-electron chi connectivity index (χ0n) is 12.1. The van der Waals surface area contributed by atoms with E-state index in [0.29, 0.717) is 23.2 Å². The van der Waals surface area contributed by atoms with E-state index in [1.807, 2.05) is 13.8 Å². The number of primary sulfonamides is 1. The van der Waals surface area contributed by atoms with E-state index in [4.69, 9.17) is 9.88 Å². The van der Waals surface area contributed by atoms with Crippen molar-refractivity contribution in [3.8, 4) is 0 Å². The molecule has 0 atom stereocenters. The molecule has 0 radical (unpaired) electrons. The molecule has 0 aromatic heterocycles. The second kappa shape index (κ2) is 7.35. The molecule has 1 amide bonds. The lowest BCUT2D eigenvalue weighted by atomic mass is 10.1. The Labute approximate surface area is 133 Å². The van der Waals surface area contributed by atoms with Crippen LogP contribution in [0.4, 0.5) is 0 Å². The standard InChI is InChI=1S/C13H19BrN2O4S/c1-8(2)20-5-4-16-13(17)10-6-11(14)9(3)12(7-10)21(15,18)19/h6-8H,4-5H2,1-3H3,(H,16,17)(H2,15,18,19). The molecule has 0 bridgehead atoms. The average molecular weight is 379 g/mol. The molecule has 0 spiro atoms. The first-order chi connectivity index (χ1) is 9.62. The van der Waals surface area contributed by atoms with Crippen LogP contribution in [-0.4, -0.2) is 33.6 Å². The fraction of sp³-hybridized carbons (Fsp3) is 0.462. The Morgan fingerprint density at radius 2 is 2.05 bits per heavy atom. The Bertz CT molecular complexity index is 629. The van der Waals surface area contributed by atoms with E-state index >= 15 is 0 Å². The lowest BCUT2D eigenvalue weighted by Crippen LogP contribution is -2.28. The smallest absolute Gasteiger partial charge is 0.251 e. The molecule has 1 aromatic carbocycles. The molecule has 1 aromatic rings. The summed E-state index contributed by atoms with van der Waals surface area (Å²) in [5.74, 6) is -0.382. The summed E-state index contributed by atoms with van der Waals surface area (Å²) >= 11 is 3.23. The molecule has 0 aliphatic carbocycles. The zero-order valence-corrected chi connectivity index (χ0v) is 14.5. The van der Waals surface area contributed by atoms with Crippen molar-refractivity contribution in [2.45, 2.75) is 31.8 Å². The summed E-state index contributed by atoms with van der Waals surface area (Å²) in [6.07, 6.45) is 0.0874. The first-order valence-corrected chi connectivity index (χ1v) is 8.69.